The second-order valence-corrected chi connectivity index (χ2v) is 2.19. The van der Waals surface area contributed by atoms with Crippen molar-refractivity contribution in [2.45, 2.75) is 25.6 Å². The second-order valence-electron chi connectivity index (χ2n) is 2.19. The van der Waals surface area contributed by atoms with E-state index < -0.39 is 18.4 Å². The molecule has 0 aliphatic carbocycles. The molecule has 4 nitrogen and oxygen atoms in total. The molecular weight excluding hydrogens is 136 g/mol. The molecule has 0 aromatic heterocycles. The van der Waals surface area contributed by atoms with Gasteiger partial charge < -0.3 is 14.6 Å². The number of hydrogen-bond acceptors (Lipinski definition) is 4. The predicted molar refractivity (Wildman–Crippen MR) is 32.5 cm³/mol. The van der Waals surface area contributed by atoms with Gasteiger partial charge in [0.1, 0.15) is 6.61 Å². The highest BCUT2D eigenvalue weighted by atomic mass is 16.8. The lowest BCUT2D eigenvalue weighted by Gasteiger charge is -2.10. The monoisotopic (exact) mass is 146 g/mol. The molecule has 1 fully saturated rings. The first-order valence-electron chi connectivity index (χ1n) is 3.25. The average molecular weight is 146 g/mol. The van der Waals surface area contributed by atoms with Crippen LogP contribution in [0, 0.1) is 0 Å². The number of carbonyl (C=O) groups excluding carboxylic acids is 1. The Bertz CT molecular complexity index is 134. The number of ether oxygens (including phenoxy) is 2. The Kier molecular flexibility index (Phi) is 2.11. The largest absolute Gasteiger partial charge is 0.508 e. The average Bonchev–Trinajstić information content (AvgIpc) is 2.34. The van der Waals surface area contributed by atoms with E-state index in [1.54, 1.807) is 0 Å². The number of aliphatic hydroxyl groups excluding tert-OH is 1. The molecule has 0 aromatic rings. The Morgan fingerprint density at radius 1 is 1.90 bits per heavy atom. The summed E-state index contributed by atoms with van der Waals surface area (Å²) < 4.78 is 9.07. The van der Waals surface area contributed by atoms with Gasteiger partial charge in [-0.25, -0.2) is 4.79 Å². The van der Waals surface area contributed by atoms with Gasteiger partial charge in [-0.15, -0.1) is 0 Å². The summed E-state index contributed by atoms with van der Waals surface area (Å²) in [5, 5.41) is 9.12. The van der Waals surface area contributed by atoms with Gasteiger partial charge in [-0.05, 0) is 6.42 Å². The number of rotatable bonds is 2. The molecule has 1 heterocycles. The predicted octanol–water partition coefficient (Wildman–Crippen LogP) is 0.293. The van der Waals surface area contributed by atoms with Gasteiger partial charge in [0.05, 0.1) is 6.10 Å². The Balaban J connectivity index is 2.36. The van der Waals surface area contributed by atoms with E-state index in [0.29, 0.717) is 6.42 Å². The molecule has 58 valence electrons. The second kappa shape index (κ2) is 2.88. The van der Waals surface area contributed by atoms with Gasteiger partial charge in [0, 0.05) is 0 Å². The van der Waals surface area contributed by atoms with E-state index in [9.17, 15) is 4.79 Å². The van der Waals surface area contributed by atoms with Crippen molar-refractivity contribution >= 4 is 6.16 Å². The third-order valence-corrected chi connectivity index (χ3v) is 1.46. The summed E-state index contributed by atoms with van der Waals surface area (Å²) in [6, 6.07) is 0. The lowest BCUT2D eigenvalue weighted by molar-refractivity contribution is 0.0308. The SMILES string of the molecule is CCC(O)C1COC(=O)O1. The molecule has 0 radical (unpaired) electrons. The van der Waals surface area contributed by atoms with E-state index in [1.807, 2.05) is 6.92 Å². The maximum absolute atomic E-state index is 10.3. The molecule has 0 amide bonds. The van der Waals surface area contributed by atoms with E-state index in [0.717, 1.165) is 0 Å². The third-order valence-electron chi connectivity index (χ3n) is 1.46. The van der Waals surface area contributed by atoms with E-state index in [4.69, 9.17) is 5.11 Å². The van der Waals surface area contributed by atoms with Gasteiger partial charge in [0.25, 0.3) is 0 Å². The summed E-state index contributed by atoms with van der Waals surface area (Å²) in [5.41, 5.74) is 0. The van der Waals surface area contributed by atoms with Gasteiger partial charge in [0.2, 0.25) is 0 Å². The molecule has 0 aromatic carbocycles. The van der Waals surface area contributed by atoms with Crippen LogP contribution in [0.5, 0.6) is 0 Å². The van der Waals surface area contributed by atoms with Crippen molar-refractivity contribution in [3.8, 4) is 0 Å². The van der Waals surface area contributed by atoms with Gasteiger partial charge in [-0.3, -0.25) is 0 Å². The van der Waals surface area contributed by atoms with Crippen LogP contribution >= 0.6 is 0 Å². The van der Waals surface area contributed by atoms with Gasteiger partial charge in [-0.1, -0.05) is 6.92 Å². The highest BCUT2D eigenvalue weighted by Crippen LogP contribution is 2.11. The number of aliphatic hydroxyl groups is 1. The van der Waals surface area contributed by atoms with Crippen LogP contribution in [0.2, 0.25) is 0 Å². The van der Waals surface area contributed by atoms with Crippen molar-refractivity contribution in [3.05, 3.63) is 0 Å². The van der Waals surface area contributed by atoms with E-state index in [1.165, 1.54) is 0 Å². The third kappa shape index (κ3) is 1.39. The molecule has 1 rings (SSSR count). The Morgan fingerprint density at radius 3 is 3.00 bits per heavy atom. The maximum atomic E-state index is 10.3. The van der Waals surface area contributed by atoms with Gasteiger partial charge in [0.15, 0.2) is 6.10 Å². The summed E-state index contributed by atoms with van der Waals surface area (Å²) >= 11 is 0. The van der Waals surface area contributed by atoms with Crippen LogP contribution in [-0.2, 0) is 9.47 Å². The fraction of sp³-hybridized carbons (Fsp3) is 0.833. The van der Waals surface area contributed by atoms with Crippen molar-refractivity contribution in [2.75, 3.05) is 6.61 Å². The van der Waals surface area contributed by atoms with Crippen molar-refractivity contribution < 1.29 is 19.4 Å². The van der Waals surface area contributed by atoms with Crippen LogP contribution in [0.3, 0.4) is 0 Å². The van der Waals surface area contributed by atoms with Crippen LogP contribution in [-0.4, -0.2) is 30.1 Å². The zero-order valence-corrected chi connectivity index (χ0v) is 5.74. The number of hydrogen-bond donors (Lipinski definition) is 1. The fourth-order valence-electron chi connectivity index (χ4n) is 0.794. The first kappa shape index (κ1) is 7.34. The van der Waals surface area contributed by atoms with E-state index >= 15 is 0 Å². The first-order chi connectivity index (χ1) is 4.74. The van der Waals surface area contributed by atoms with E-state index in [-0.39, 0.29) is 6.61 Å². The van der Waals surface area contributed by atoms with Crippen molar-refractivity contribution in [1.82, 2.24) is 0 Å². The van der Waals surface area contributed by atoms with Crippen LogP contribution in [0.25, 0.3) is 0 Å². The lowest BCUT2D eigenvalue weighted by atomic mass is 10.2. The van der Waals surface area contributed by atoms with Gasteiger partial charge >= 0.3 is 6.16 Å². The summed E-state index contributed by atoms with van der Waals surface area (Å²) in [5.74, 6) is 0. The maximum Gasteiger partial charge on any atom is 0.508 e. The molecule has 4 heteroatoms. The summed E-state index contributed by atoms with van der Waals surface area (Å²) in [4.78, 5) is 10.3. The topological polar surface area (TPSA) is 55.8 Å². The molecule has 1 aliphatic heterocycles. The zero-order chi connectivity index (χ0) is 7.56. The molecule has 2 atom stereocenters. The van der Waals surface area contributed by atoms with Crippen molar-refractivity contribution in [3.63, 3.8) is 0 Å². The quantitative estimate of drug-likeness (QED) is 0.569. The van der Waals surface area contributed by atoms with Crippen LogP contribution < -0.4 is 0 Å². The van der Waals surface area contributed by atoms with Crippen LogP contribution in [0.15, 0.2) is 0 Å². The summed E-state index contributed by atoms with van der Waals surface area (Å²) in [6.07, 6.45) is -1.16. The Hall–Kier alpha value is -0.770. The molecular formula is C6H10O4. The molecule has 1 saturated heterocycles. The minimum absolute atomic E-state index is 0.174. The molecule has 1 N–H and O–H groups in total. The zero-order valence-electron chi connectivity index (χ0n) is 5.74. The molecule has 0 bridgehead atoms. The Morgan fingerprint density at radius 2 is 2.60 bits per heavy atom. The van der Waals surface area contributed by atoms with Crippen LogP contribution in [0.4, 0.5) is 4.79 Å². The fourth-order valence-corrected chi connectivity index (χ4v) is 0.794. The van der Waals surface area contributed by atoms with Gasteiger partial charge in [-0.2, -0.15) is 0 Å². The highest BCUT2D eigenvalue weighted by Gasteiger charge is 2.30. The summed E-state index contributed by atoms with van der Waals surface area (Å²) in [7, 11) is 0. The minimum atomic E-state index is -0.683. The van der Waals surface area contributed by atoms with Crippen LogP contribution in [0.1, 0.15) is 13.3 Å². The smallest absolute Gasteiger partial charge is 0.430 e. The molecule has 1 aliphatic rings. The molecule has 0 spiro atoms. The number of cyclic esters (lactones) is 2. The summed E-state index contributed by atoms with van der Waals surface area (Å²) in [6.45, 7) is 1.99. The standard InChI is InChI=1S/C6H10O4/c1-2-4(7)5-3-9-6(8)10-5/h4-5,7H,2-3H2,1H3. The Labute approximate surface area is 58.7 Å². The van der Waals surface area contributed by atoms with E-state index in [2.05, 4.69) is 9.47 Å². The lowest BCUT2D eigenvalue weighted by Crippen LogP contribution is -2.27. The normalized spacial score (nSPS) is 27.4. The van der Waals surface area contributed by atoms with Crippen molar-refractivity contribution in [1.29, 1.82) is 0 Å². The van der Waals surface area contributed by atoms with Crippen molar-refractivity contribution in [2.24, 2.45) is 0 Å². The molecule has 10 heavy (non-hydrogen) atoms. The minimum Gasteiger partial charge on any atom is -0.430 e. The first-order valence-corrected chi connectivity index (χ1v) is 3.25. The molecule has 2 unspecified atom stereocenters. The molecule has 0 saturated carbocycles. The highest BCUT2D eigenvalue weighted by molar-refractivity contribution is 5.61. The number of carbonyl (C=O) groups is 1.